The molecule has 2 fully saturated rings. The summed E-state index contributed by atoms with van der Waals surface area (Å²) in [6, 6.07) is 1.81. The predicted octanol–water partition coefficient (Wildman–Crippen LogP) is 1.63. The number of carbonyl (C=O) groups excluding carboxylic acids is 1. The average Bonchev–Trinajstić information content (AvgIpc) is 3.27. The van der Waals surface area contributed by atoms with E-state index in [0.29, 0.717) is 38.2 Å². The number of carbonyl (C=O) groups is 1. The zero-order chi connectivity index (χ0) is 23.6. The summed E-state index contributed by atoms with van der Waals surface area (Å²) in [6.45, 7) is 4.72. The highest BCUT2D eigenvalue weighted by molar-refractivity contribution is 5.78. The van der Waals surface area contributed by atoms with Gasteiger partial charge in [0.2, 0.25) is 11.9 Å². The number of nitrogens with one attached hydrogen (secondary N) is 1. The normalized spacial score (nSPS) is 19.8. The smallest absolute Gasteiger partial charge is 0.338 e. The third-order valence-corrected chi connectivity index (χ3v) is 6.21. The van der Waals surface area contributed by atoms with Gasteiger partial charge in [-0.1, -0.05) is 6.92 Å². The number of piperazine rings is 1. The van der Waals surface area contributed by atoms with Crippen LogP contribution in [0.2, 0.25) is 0 Å². The van der Waals surface area contributed by atoms with Crippen molar-refractivity contribution in [2.45, 2.75) is 38.4 Å². The minimum absolute atomic E-state index is 0.00460. The van der Waals surface area contributed by atoms with E-state index in [9.17, 15) is 22.8 Å². The molecule has 0 aromatic carbocycles. The number of alkyl halides is 3. The third-order valence-electron chi connectivity index (χ3n) is 6.21. The highest BCUT2D eigenvalue weighted by Gasteiger charge is 2.33. The summed E-state index contributed by atoms with van der Waals surface area (Å²) in [4.78, 5) is 38.1. The molecule has 1 amide bonds. The van der Waals surface area contributed by atoms with Crippen molar-refractivity contribution in [1.82, 2.24) is 30.0 Å². The van der Waals surface area contributed by atoms with Gasteiger partial charge < -0.3 is 9.80 Å². The first-order chi connectivity index (χ1) is 15.8. The molecule has 178 valence electrons. The fourth-order valence-corrected chi connectivity index (χ4v) is 4.31. The molecule has 4 rings (SSSR count). The van der Waals surface area contributed by atoms with Crippen LogP contribution in [0.15, 0.2) is 23.3 Å². The number of likely N-dealkylation sites (tertiary alicyclic amines) is 1. The van der Waals surface area contributed by atoms with Crippen molar-refractivity contribution in [3.8, 4) is 0 Å². The Balaban J connectivity index is 1.34. The van der Waals surface area contributed by atoms with Crippen molar-refractivity contribution >= 4 is 11.9 Å². The van der Waals surface area contributed by atoms with E-state index in [1.54, 1.807) is 9.80 Å². The first-order valence-corrected chi connectivity index (χ1v) is 11.0. The largest absolute Gasteiger partial charge is 0.419 e. The molecule has 1 atom stereocenters. The van der Waals surface area contributed by atoms with E-state index in [0.717, 1.165) is 37.5 Å². The minimum atomic E-state index is -4.47. The van der Waals surface area contributed by atoms with Crippen molar-refractivity contribution in [2.75, 3.05) is 44.2 Å². The quantitative estimate of drug-likeness (QED) is 0.717. The SMILES string of the molecule is CCc1cc(C2CCCN2CC(=O)N2CCN(c3ncc(C(F)(F)F)cn3)CC2)n[nH]c1=O. The summed E-state index contributed by atoms with van der Waals surface area (Å²) in [7, 11) is 0. The number of H-pyrrole nitrogens is 1. The van der Waals surface area contributed by atoms with Crippen molar-refractivity contribution in [2.24, 2.45) is 0 Å². The Labute approximate surface area is 188 Å². The van der Waals surface area contributed by atoms with Crippen LogP contribution in [-0.4, -0.2) is 75.1 Å². The lowest BCUT2D eigenvalue weighted by Crippen LogP contribution is -2.51. The number of nitrogens with zero attached hydrogens (tertiary/aromatic N) is 6. The van der Waals surface area contributed by atoms with E-state index >= 15 is 0 Å². The Bertz CT molecular complexity index is 1030. The second-order valence-corrected chi connectivity index (χ2v) is 8.27. The molecule has 2 saturated heterocycles. The second-order valence-electron chi connectivity index (χ2n) is 8.27. The molecule has 0 saturated carbocycles. The molecular formula is C21H26F3N7O2. The molecule has 2 aromatic rings. The van der Waals surface area contributed by atoms with Crippen molar-refractivity contribution in [1.29, 1.82) is 0 Å². The topological polar surface area (TPSA) is 98.3 Å². The van der Waals surface area contributed by atoms with Gasteiger partial charge in [-0.3, -0.25) is 14.5 Å². The predicted molar refractivity (Wildman–Crippen MR) is 114 cm³/mol. The number of hydrogen-bond donors (Lipinski definition) is 1. The molecule has 1 unspecified atom stereocenters. The van der Waals surface area contributed by atoms with Crippen LogP contribution < -0.4 is 10.5 Å². The van der Waals surface area contributed by atoms with Crippen LogP contribution in [-0.2, 0) is 17.4 Å². The molecule has 33 heavy (non-hydrogen) atoms. The number of aromatic nitrogens is 4. The summed E-state index contributed by atoms with van der Waals surface area (Å²) in [5.41, 5.74) is 0.390. The zero-order valence-corrected chi connectivity index (χ0v) is 18.3. The maximum atomic E-state index is 12.9. The van der Waals surface area contributed by atoms with Gasteiger partial charge in [-0.25, -0.2) is 15.1 Å². The standard InChI is InChI=1S/C21H26F3N7O2/c1-2-14-10-16(27-28-19(14)33)17-4-3-5-31(17)13-18(32)29-6-8-30(9-7-29)20-25-11-15(12-26-20)21(22,23)24/h10-12,17H,2-9,13H2,1H3,(H,28,33). The van der Waals surface area contributed by atoms with Crippen LogP contribution in [0.25, 0.3) is 0 Å². The van der Waals surface area contributed by atoms with E-state index in [2.05, 4.69) is 25.1 Å². The molecule has 0 spiro atoms. The van der Waals surface area contributed by atoms with Gasteiger partial charge in [0.05, 0.1) is 23.8 Å². The Kier molecular flexibility index (Phi) is 6.63. The highest BCUT2D eigenvalue weighted by atomic mass is 19.4. The van der Waals surface area contributed by atoms with Crippen LogP contribution in [0.4, 0.5) is 19.1 Å². The lowest BCUT2D eigenvalue weighted by atomic mass is 10.1. The number of aryl methyl sites for hydroxylation is 1. The lowest BCUT2D eigenvalue weighted by Gasteiger charge is -2.36. The summed E-state index contributed by atoms with van der Waals surface area (Å²) >= 11 is 0. The lowest BCUT2D eigenvalue weighted by molar-refractivity contribution is -0.138. The van der Waals surface area contributed by atoms with Crippen molar-refractivity contribution in [3.05, 3.63) is 45.6 Å². The first-order valence-electron chi connectivity index (χ1n) is 11.0. The Morgan fingerprint density at radius 1 is 1.15 bits per heavy atom. The highest BCUT2D eigenvalue weighted by Crippen LogP contribution is 2.31. The van der Waals surface area contributed by atoms with E-state index < -0.39 is 11.7 Å². The number of hydrogen-bond acceptors (Lipinski definition) is 7. The van der Waals surface area contributed by atoms with Crippen molar-refractivity contribution in [3.63, 3.8) is 0 Å². The number of rotatable bonds is 5. The molecule has 1 N–H and O–H groups in total. The zero-order valence-electron chi connectivity index (χ0n) is 18.3. The van der Waals surface area contributed by atoms with Crippen LogP contribution in [0.5, 0.6) is 0 Å². The minimum Gasteiger partial charge on any atom is -0.338 e. The fourth-order valence-electron chi connectivity index (χ4n) is 4.31. The molecule has 0 radical (unpaired) electrons. The van der Waals surface area contributed by atoms with Crippen LogP contribution in [0.1, 0.15) is 42.6 Å². The molecule has 0 aliphatic carbocycles. The number of aromatic amines is 1. The van der Waals surface area contributed by atoms with E-state index in [4.69, 9.17) is 0 Å². The number of amides is 1. The van der Waals surface area contributed by atoms with Gasteiger partial charge in [0, 0.05) is 44.1 Å². The van der Waals surface area contributed by atoms with Gasteiger partial charge in [-0.05, 0) is 31.9 Å². The van der Waals surface area contributed by atoms with Gasteiger partial charge >= 0.3 is 6.18 Å². The van der Waals surface area contributed by atoms with Crippen LogP contribution in [0.3, 0.4) is 0 Å². The maximum absolute atomic E-state index is 12.9. The maximum Gasteiger partial charge on any atom is 0.419 e. The monoisotopic (exact) mass is 465 g/mol. The fraction of sp³-hybridized carbons (Fsp3) is 0.571. The molecule has 4 heterocycles. The van der Waals surface area contributed by atoms with Crippen molar-refractivity contribution < 1.29 is 18.0 Å². The van der Waals surface area contributed by atoms with Gasteiger partial charge in [-0.15, -0.1) is 0 Å². The summed E-state index contributed by atoms with van der Waals surface area (Å²) in [6.07, 6.45) is -0.485. The number of halogens is 3. The summed E-state index contributed by atoms with van der Waals surface area (Å²) in [5.74, 6) is 0.223. The molecule has 9 nitrogen and oxygen atoms in total. The van der Waals surface area contributed by atoms with Gasteiger partial charge in [0.1, 0.15) is 0 Å². The van der Waals surface area contributed by atoms with E-state index in [1.165, 1.54) is 0 Å². The van der Waals surface area contributed by atoms with E-state index in [-0.39, 0.29) is 30.0 Å². The molecule has 2 aliphatic heterocycles. The molecule has 12 heteroatoms. The van der Waals surface area contributed by atoms with Gasteiger partial charge in [0.15, 0.2) is 0 Å². The molecule has 0 bridgehead atoms. The van der Waals surface area contributed by atoms with Crippen LogP contribution in [0, 0.1) is 0 Å². The van der Waals surface area contributed by atoms with Crippen LogP contribution >= 0.6 is 0 Å². The molecule has 2 aliphatic rings. The average molecular weight is 465 g/mol. The molecular weight excluding hydrogens is 439 g/mol. The molecule has 2 aromatic heterocycles. The Morgan fingerprint density at radius 2 is 1.85 bits per heavy atom. The summed E-state index contributed by atoms with van der Waals surface area (Å²) < 4.78 is 38.1. The first kappa shape index (κ1) is 23.1. The van der Waals surface area contributed by atoms with E-state index in [1.807, 2.05) is 13.0 Å². The van der Waals surface area contributed by atoms with Gasteiger partial charge in [-0.2, -0.15) is 18.3 Å². The number of anilines is 1. The Morgan fingerprint density at radius 3 is 2.48 bits per heavy atom. The third kappa shape index (κ3) is 5.15. The van der Waals surface area contributed by atoms with Gasteiger partial charge in [0.25, 0.3) is 5.56 Å². The second kappa shape index (κ2) is 9.46. The summed E-state index contributed by atoms with van der Waals surface area (Å²) in [5, 5.41) is 6.77. The Hall–Kier alpha value is -3.02.